The van der Waals surface area contributed by atoms with Crippen molar-refractivity contribution >= 4 is 23.3 Å². The topological polar surface area (TPSA) is 74.6 Å². The van der Waals surface area contributed by atoms with Crippen molar-refractivity contribution in [2.24, 2.45) is 0 Å². The minimum Gasteiger partial charge on any atom is -0.493 e. The molecule has 1 fully saturated rings. The molecule has 0 radical (unpaired) electrons. The molecular weight excluding hydrogens is 430 g/mol. The Balaban J connectivity index is 0.00000289. The smallest absolute Gasteiger partial charge is 0.265 e. The number of fused-ring (bicyclic) bond motifs is 1. The van der Waals surface area contributed by atoms with Gasteiger partial charge in [-0.15, -0.1) is 12.4 Å². The zero-order valence-electron chi connectivity index (χ0n) is 18.1. The highest BCUT2D eigenvalue weighted by Gasteiger charge is 2.15. The molecule has 1 atom stereocenters. The predicted molar refractivity (Wildman–Crippen MR) is 128 cm³/mol. The molecule has 32 heavy (non-hydrogen) atoms. The molecule has 2 heterocycles. The molecule has 8 heteroatoms. The number of aromatic nitrogens is 2. The summed E-state index contributed by atoms with van der Waals surface area (Å²) in [5, 5.41) is 3.98. The van der Waals surface area contributed by atoms with E-state index in [1.54, 1.807) is 37.5 Å². The fourth-order valence-corrected chi connectivity index (χ4v) is 3.77. The summed E-state index contributed by atoms with van der Waals surface area (Å²) in [6.45, 7) is 5.73. The van der Waals surface area contributed by atoms with Crippen LogP contribution >= 0.6 is 12.4 Å². The van der Waals surface area contributed by atoms with Gasteiger partial charge in [-0.25, -0.2) is 4.98 Å². The van der Waals surface area contributed by atoms with E-state index in [0.717, 1.165) is 13.0 Å². The lowest BCUT2D eigenvalue weighted by Crippen LogP contribution is -2.23. The quantitative estimate of drug-likeness (QED) is 0.491. The van der Waals surface area contributed by atoms with Gasteiger partial charge in [-0.1, -0.05) is 12.7 Å². The standard InChI is InChI=1S/C24H27N3O4.ClH/c1-3-12-30-19-7-8-20-21(15-19)26-16-27(24(20)28)18-6-9-22(23(14-18)29-2)31-13-10-17-5-4-11-25-17;/h3,6-9,14-17,25H,1,4-5,10-13H2,2H3;1H. The number of rotatable bonds is 9. The van der Waals surface area contributed by atoms with Crippen LogP contribution < -0.4 is 25.1 Å². The van der Waals surface area contributed by atoms with Crippen LogP contribution in [-0.2, 0) is 0 Å². The minimum absolute atomic E-state index is 0. The van der Waals surface area contributed by atoms with Crippen molar-refractivity contribution in [2.75, 3.05) is 26.9 Å². The number of benzene rings is 2. The Hall–Kier alpha value is -3.03. The molecule has 1 aromatic heterocycles. The second kappa shape index (κ2) is 11.0. The first-order valence-electron chi connectivity index (χ1n) is 10.5. The first-order chi connectivity index (χ1) is 15.2. The first kappa shape index (κ1) is 23.6. The summed E-state index contributed by atoms with van der Waals surface area (Å²) in [4.78, 5) is 17.5. The van der Waals surface area contributed by atoms with Crippen molar-refractivity contribution in [3.8, 4) is 22.9 Å². The van der Waals surface area contributed by atoms with E-state index in [4.69, 9.17) is 14.2 Å². The van der Waals surface area contributed by atoms with Crippen LogP contribution in [0.4, 0.5) is 0 Å². The van der Waals surface area contributed by atoms with Crippen LogP contribution in [0.2, 0.25) is 0 Å². The van der Waals surface area contributed by atoms with E-state index < -0.39 is 0 Å². The van der Waals surface area contributed by atoms with Crippen molar-refractivity contribution in [1.82, 2.24) is 14.9 Å². The molecule has 0 bridgehead atoms. The predicted octanol–water partition coefficient (Wildman–Crippen LogP) is 3.90. The number of hydrogen-bond donors (Lipinski definition) is 1. The van der Waals surface area contributed by atoms with Crippen molar-refractivity contribution in [3.05, 3.63) is 65.7 Å². The second-order valence-corrected chi connectivity index (χ2v) is 7.46. The Morgan fingerprint density at radius 2 is 2.09 bits per heavy atom. The monoisotopic (exact) mass is 457 g/mol. The van der Waals surface area contributed by atoms with Gasteiger partial charge in [0.05, 0.1) is 30.3 Å². The second-order valence-electron chi connectivity index (χ2n) is 7.46. The van der Waals surface area contributed by atoms with Crippen molar-refractivity contribution < 1.29 is 14.2 Å². The first-order valence-corrected chi connectivity index (χ1v) is 10.5. The van der Waals surface area contributed by atoms with E-state index in [9.17, 15) is 4.79 Å². The summed E-state index contributed by atoms with van der Waals surface area (Å²) in [5.41, 5.74) is 1.08. The Bertz CT molecular complexity index is 1130. The van der Waals surface area contributed by atoms with Gasteiger partial charge in [0.1, 0.15) is 18.7 Å². The SMILES string of the molecule is C=CCOc1ccc2c(=O)n(-c3ccc(OCCC4CCCN4)c(OC)c3)cnc2c1.Cl. The van der Waals surface area contributed by atoms with Gasteiger partial charge in [-0.2, -0.15) is 0 Å². The average Bonchev–Trinajstić information content (AvgIpc) is 3.31. The number of methoxy groups -OCH3 is 1. The number of hydrogen-bond acceptors (Lipinski definition) is 6. The van der Waals surface area contributed by atoms with E-state index in [-0.39, 0.29) is 18.0 Å². The van der Waals surface area contributed by atoms with Gasteiger partial charge in [-0.3, -0.25) is 9.36 Å². The Morgan fingerprint density at radius 3 is 2.84 bits per heavy atom. The Kier molecular flexibility index (Phi) is 8.14. The fourth-order valence-electron chi connectivity index (χ4n) is 3.77. The van der Waals surface area contributed by atoms with Crippen LogP contribution in [0.5, 0.6) is 17.2 Å². The van der Waals surface area contributed by atoms with Crippen molar-refractivity contribution in [1.29, 1.82) is 0 Å². The van der Waals surface area contributed by atoms with Gasteiger partial charge >= 0.3 is 0 Å². The summed E-state index contributed by atoms with van der Waals surface area (Å²) in [7, 11) is 1.59. The van der Waals surface area contributed by atoms with E-state index >= 15 is 0 Å². The summed E-state index contributed by atoms with van der Waals surface area (Å²) in [6.07, 6.45) is 6.56. The van der Waals surface area contributed by atoms with E-state index in [2.05, 4.69) is 16.9 Å². The summed E-state index contributed by atoms with van der Waals surface area (Å²) >= 11 is 0. The number of nitrogens with one attached hydrogen (secondary N) is 1. The van der Waals surface area contributed by atoms with Gasteiger partial charge in [-0.05, 0) is 50.1 Å². The molecule has 3 aromatic rings. The highest BCUT2D eigenvalue weighted by Crippen LogP contribution is 2.30. The maximum atomic E-state index is 13.0. The third-order valence-electron chi connectivity index (χ3n) is 5.41. The largest absolute Gasteiger partial charge is 0.493 e. The lowest BCUT2D eigenvalue weighted by Gasteiger charge is -2.15. The zero-order valence-corrected chi connectivity index (χ0v) is 18.9. The lowest BCUT2D eigenvalue weighted by atomic mass is 10.2. The van der Waals surface area contributed by atoms with Gasteiger partial charge in [0.25, 0.3) is 5.56 Å². The molecule has 1 unspecified atom stereocenters. The molecule has 0 amide bonds. The Labute approximate surface area is 193 Å². The molecule has 2 aromatic carbocycles. The molecule has 1 saturated heterocycles. The number of nitrogens with zero attached hydrogens (tertiary/aromatic N) is 2. The lowest BCUT2D eigenvalue weighted by molar-refractivity contribution is 0.275. The van der Waals surface area contributed by atoms with Gasteiger partial charge < -0.3 is 19.5 Å². The highest BCUT2D eigenvalue weighted by molar-refractivity contribution is 5.85. The van der Waals surface area contributed by atoms with Gasteiger partial charge in [0.2, 0.25) is 0 Å². The normalized spacial score (nSPS) is 15.2. The van der Waals surface area contributed by atoms with E-state index in [1.165, 1.54) is 23.7 Å². The van der Waals surface area contributed by atoms with Gasteiger partial charge in [0, 0.05) is 18.2 Å². The van der Waals surface area contributed by atoms with Crippen molar-refractivity contribution in [2.45, 2.75) is 25.3 Å². The summed E-state index contributed by atoms with van der Waals surface area (Å²) in [5.74, 6) is 1.89. The van der Waals surface area contributed by atoms with Crippen LogP contribution in [0.3, 0.4) is 0 Å². The third kappa shape index (κ3) is 5.23. The maximum absolute atomic E-state index is 13.0. The molecule has 0 aliphatic carbocycles. The number of ether oxygens (including phenoxy) is 3. The molecule has 0 saturated carbocycles. The number of halogens is 1. The maximum Gasteiger partial charge on any atom is 0.265 e. The van der Waals surface area contributed by atoms with E-state index in [1.807, 2.05) is 12.1 Å². The van der Waals surface area contributed by atoms with Crippen LogP contribution in [0.15, 0.2) is 60.2 Å². The zero-order chi connectivity index (χ0) is 21.6. The van der Waals surface area contributed by atoms with Crippen LogP contribution in [0.25, 0.3) is 16.6 Å². The molecular formula is C24H28ClN3O4. The van der Waals surface area contributed by atoms with E-state index in [0.29, 0.717) is 53.1 Å². The summed E-state index contributed by atoms with van der Waals surface area (Å²) in [6, 6.07) is 11.2. The molecule has 1 aliphatic rings. The Morgan fingerprint density at radius 1 is 1.22 bits per heavy atom. The molecule has 4 rings (SSSR count). The fraction of sp³-hybridized carbons (Fsp3) is 0.333. The average molecular weight is 458 g/mol. The van der Waals surface area contributed by atoms with Gasteiger partial charge in [0.15, 0.2) is 11.5 Å². The minimum atomic E-state index is -0.164. The van der Waals surface area contributed by atoms with Crippen molar-refractivity contribution in [3.63, 3.8) is 0 Å². The third-order valence-corrected chi connectivity index (χ3v) is 5.41. The van der Waals surface area contributed by atoms with Crippen LogP contribution in [0, 0.1) is 0 Å². The molecule has 0 spiro atoms. The van der Waals surface area contributed by atoms with Crippen LogP contribution in [0.1, 0.15) is 19.3 Å². The van der Waals surface area contributed by atoms with Crippen LogP contribution in [-0.4, -0.2) is 42.5 Å². The highest BCUT2D eigenvalue weighted by atomic mass is 35.5. The summed E-state index contributed by atoms with van der Waals surface area (Å²) < 4.78 is 18.5. The molecule has 7 nitrogen and oxygen atoms in total. The molecule has 1 aliphatic heterocycles. The molecule has 1 N–H and O–H groups in total. The molecule has 170 valence electrons.